The average Bonchev–Trinajstić information content (AvgIpc) is 2.64. The first-order valence-corrected chi connectivity index (χ1v) is 8.93. The molecule has 0 unspecified atom stereocenters. The number of amides is 2. The lowest BCUT2D eigenvalue weighted by Crippen LogP contribution is -2.23. The molecule has 0 spiro atoms. The number of carbonyl (C=O) groups excluding carboxylic acids is 3. The zero-order chi connectivity index (χ0) is 19.6. The summed E-state index contributed by atoms with van der Waals surface area (Å²) in [5.74, 6) is -0.404. The summed E-state index contributed by atoms with van der Waals surface area (Å²) in [5, 5.41) is 5.68. The molecule has 0 aliphatic carbocycles. The van der Waals surface area contributed by atoms with Gasteiger partial charge in [0.15, 0.2) is 0 Å². The molecular weight excluding hydrogens is 344 g/mol. The van der Waals surface area contributed by atoms with Gasteiger partial charge >= 0.3 is 5.97 Å². The van der Waals surface area contributed by atoms with E-state index in [0.29, 0.717) is 30.0 Å². The zero-order valence-electron chi connectivity index (χ0n) is 15.6. The molecule has 0 bridgehead atoms. The second kappa shape index (κ2) is 10.1. The lowest BCUT2D eigenvalue weighted by Gasteiger charge is -2.09. The lowest BCUT2D eigenvalue weighted by molar-refractivity contribution is -0.131. The van der Waals surface area contributed by atoms with Crippen molar-refractivity contribution in [2.75, 3.05) is 5.32 Å². The van der Waals surface area contributed by atoms with Crippen LogP contribution in [0.15, 0.2) is 48.5 Å². The molecule has 6 nitrogen and oxygen atoms in total. The molecule has 0 saturated carbocycles. The highest BCUT2D eigenvalue weighted by molar-refractivity contribution is 5.94. The van der Waals surface area contributed by atoms with Crippen LogP contribution in [0, 0.1) is 0 Å². The fourth-order valence-corrected chi connectivity index (χ4v) is 2.47. The fraction of sp³-hybridized carbons (Fsp3) is 0.286. The number of hydrogen-bond donors (Lipinski definition) is 2. The van der Waals surface area contributed by atoms with Crippen molar-refractivity contribution < 1.29 is 19.1 Å². The number of rotatable bonds is 8. The van der Waals surface area contributed by atoms with Gasteiger partial charge in [0.25, 0.3) is 5.91 Å². The molecule has 2 aromatic carbocycles. The number of unbranched alkanes of at least 4 members (excludes halogenated alkanes) is 1. The van der Waals surface area contributed by atoms with Gasteiger partial charge in [-0.2, -0.15) is 0 Å². The molecule has 0 aromatic heterocycles. The summed E-state index contributed by atoms with van der Waals surface area (Å²) in [6, 6.07) is 13.8. The van der Waals surface area contributed by atoms with Crippen molar-refractivity contribution in [1.29, 1.82) is 0 Å². The average molecular weight is 368 g/mol. The summed E-state index contributed by atoms with van der Waals surface area (Å²) in [7, 11) is 0. The van der Waals surface area contributed by atoms with E-state index in [1.807, 2.05) is 31.2 Å². The molecule has 2 amide bonds. The van der Waals surface area contributed by atoms with Crippen molar-refractivity contribution in [1.82, 2.24) is 5.32 Å². The number of benzene rings is 2. The number of ether oxygens (including phenoxy) is 1. The summed E-state index contributed by atoms with van der Waals surface area (Å²) in [5.41, 5.74) is 1.98. The van der Waals surface area contributed by atoms with Crippen molar-refractivity contribution in [2.24, 2.45) is 0 Å². The van der Waals surface area contributed by atoms with Crippen LogP contribution in [0.25, 0.3) is 0 Å². The Labute approximate surface area is 158 Å². The maximum absolute atomic E-state index is 12.3. The number of nitrogens with one attached hydrogen (secondary N) is 2. The first kappa shape index (κ1) is 20.2. The number of esters is 1. The van der Waals surface area contributed by atoms with Crippen LogP contribution in [0.5, 0.6) is 5.75 Å². The zero-order valence-corrected chi connectivity index (χ0v) is 15.6. The van der Waals surface area contributed by atoms with E-state index < -0.39 is 5.97 Å². The molecule has 0 heterocycles. The number of carbonyl (C=O) groups is 3. The van der Waals surface area contributed by atoms with Gasteiger partial charge in [0.05, 0.1) is 0 Å². The highest BCUT2D eigenvalue weighted by atomic mass is 16.5. The smallest absolute Gasteiger partial charge is 0.308 e. The van der Waals surface area contributed by atoms with Crippen molar-refractivity contribution in [2.45, 2.75) is 39.7 Å². The Balaban J connectivity index is 1.94. The van der Waals surface area contributed by atoms with E-state index in [0.717, 1.165) is 18.4 Å². The molecule has 0 aliphatic heterocycles. The van der Waals surface area contributed by atoms with Crippen LogP contribution in [-0.2, 0) is 16.1 Å². The van der Waals surface area contributed by atoms with E-state index in [1.165, 1.54) is 13.0 Å². The summed E-state index contributed by atoms with van der Waals surface area (Å²) in [4.78, 5) is 35.2. The molecule has 142 valence electrons. The second-order valence-corrected chi connectivity index (χ2v) is 6.16. The van der Waals surface area contributed by atoms with E-state index in [1.54, 1.807) is 18.2 Å². The van der Waals surface area contributed by atoms with Crippen molar-refractivity contribution in [3.05, 3.63) is 59.7 Å². The Bertz CT molecular complexity index is 817. The normalized spacial score (nSPS) is 10.1. The maximum atomic E-state index is 12.3. The van der Waals surface area contributed by atoms with Gasteiger partial charge in [0.2, 0.25) is 5.91 Å². The quantitative estimate of drug-likeness (QED) is 0.550. The fourth-order valence-electron chi connectivity index (χ4n) is 2.47. The topological polar surface area (TPSA) is 84.5 Å². The van der Waals surface area contributed by atoms with Crippen molar-refractivity contribution >= 4 is 23.5 Å². The Hall–Kier alpha value is -3.15. The van der Waals surface area contributed by atoms with Gasteiger partial charge in [-0.05, 0) is 42.3 Å². The number of hydrogen-bond acceptors (Lipinski definition) is 4. The standard InChI is InChI=1S/C21H24N2O4/c1-3-4-11-20(25)23-18-9-5-7-16(12-18)14-22-21(26)17-8-6-10-19(13-17)27-15(2)24/h5-10,12-13H,3-4,11,14H2,1-2H3,(H,22,26)(H,23,25). The Morgan fingerprint density at radius 3 is 2.56 bits per heavy atom. The van der Waals surface area contributed by atoms with E-state index >= 15 is 0 Å². The van der Waals surface area contributed by atoms with Gasteiger partial charge in [-0.3, -0.25) is 14.4 Å². The molecule has 0 saturated heterocycles. The molecule has 2 N–H and O–H groups in total. The monoisotopic (exact) mass is 368 g/mol. The van der Waals surface area contributed by atoms with Crippen LogP contribution in [0.2, 0.25) is 0 Å². The molecule has 27 heavy (non-hydrogen) atoms. The summed E-state index contributed by atoms with van der Waals surface area (Å²) in [6.07, 6.45) is 2.32. The van der Waals surface area contributed by atoms with E-state index in [-0.39, 0.29) is 11.8 Å². The second-order valence-electron chi connectivity index (χ2n) is 6.16. The minimum absolute atomic E-state index is 0.0136. The maximum Gasteiger partial charge on any atom is 0.308 e. The largest absolute Gasteiger partial charge is 0.427 e. The lowest BCUT2D eigenvalue weighted by atomic mass is 10.1. The number of anilines is 1. The summed E-state index contributed by atoms with van der Waals surface area (Å²) < 4.78 is 4.99. The van der Waals surface area contributed by atoms with Gasteiger partial charge < -0.3 is 15.4 Å². The highest BCUT2D eigenvalue weighted by Gasteiger charge is 2.08. The molecule has 0 fully saturated rings. The molecule has 2 aromatic rings. The summed E-state index contributed by atoms with van der Waals surface area (Å²) >= 11 is 0. The SMILES string of the molecule is CCCCC(=O)Nc1cccc(CNC(=O)c2cccc(OC(C)=O)c2)c1. The third kappa shape index (κ3) is 6.93. The van der Waals surface area contributed by atoms with Crippen LogP contribution >= 0.6 is 0 Å². The minimum Gasteiger partial charge on any atom is -0.427 e. The van der Waals surface area contributed by atoms with Crippen LogP contribution in [0.1, 0.15) is 49.0 Å². The van der Waals surface area contributed by atoms with Gasteiger partial charge in [0, 0.05) is 31.1 Å². The molecule has 6 heteroatoms. The Kier molecular flexibility index (Phi) is 7.55. The third-order valence-electron chi connectivity index (χ3n) is 3.78. The van der Waals surface area contributed by atoms with Crippen LogP contribution in [0.4, 0.5) is 5.69 Å². The third-order valence-corrected chi connectivity index (χ3v) is 3.78. The van der Waals surface area contributed by atoms with E-state index in [2.05, 4.69) is 10.6 Å². The Morgan fingerprint density at radius 2 is 1.81 bits per heavy atom. The first-order valence-electron chi connectivity index (χ1n) is 8.93. The minimum atomic E-state index is -0.439. The van der Waals surface area contributed by atoms with Crippen LogP contribution in [-0.4, -0.2) is 17.8 Å². The van der Waals surface area contributed by atoms with Crippen LogP contribution in [0.3, 0.4) is 0 Å². The predicted molar refractivity (Wildman–Crippen MR) is 104 cm³/mol. The molecule has 0 atom stereocenters. The van der Waals surface area contributed by atoms with Crippen molar-refractivity contribution in [3.63, 3.8) is 0 Å². The highest BCUT2D eigenvalue weighted by Crippen LogP contribution is 2.15. The Morgan fingerprint density at radius 1 is 1.04 bits per heavy atom. The molecule has 0 aliphatic rings. The van der Waals surface area contributed by atoms with Gasteiger partial charge in [-0.25, -0.2) is 0 Å². The van der Waals surface area contributed by atoms with Gasteiger partial charge in [0.1, 0.15) is 5.75 Å². The summed E-state index contributed by atoms with van der Waals surface area (Å²) in [6.45, 7) is 3.66. The molecular formula is C21H24N2O4. The molecule has 0 radical (unpaired) electrons. The van der Waals surface area contributed by atoms with Crippen molar-refractivity contribution in [3.8, 4) is 5.75 Å². The predicted octanol–water partition coefficient (Wildman–Crippen LogP) is 3.67. The van der Waals surface area contributed by atoms with Crippen LogP contribution < -0.4 is 15.4 Å². The van der Waals surface area contributed by atoms with Gasteiger partial charge in [-0.1, -0.05) is 31.5 Å². The van der Waals surface area contributed by atoms with E-state index in [9.17, 15) is 14.4 Å². The van der Waals surface area contributed by atoms with Gasteiger partial charge in [-0.15, -0.1) is 0 Å². The first-order chi connectivity index (χ1) is 13.0. The van der Waals surface area contributed by atoms with E-state index in [4.69, 9.17) is 4.74 Å². The molecule has 2 rings (SSSR count).